The summed E-state index contributed by atoms with van der Waals surface area (Å²) in [5, 5.41) is 20.6. The number of benzene rings is 2. The van der Waals surface area contributed by atoms with Gasteiger partial charge in [-0.05, 0) is 18.2 Å². The van der Waals surface area contributed by atoms with Crippen LogP contribution in [0.4, 0.5) is 0 Å². The van der Waals surface area contributed by atoms with Crippen molar-refractivity contribution in [2.75, 3.05) is 0 Å². The monoisotopic (exact) mass is 343 g/mol. The Balaban J connectivity index is 1.92. The summed E-state index contributed by atoms with van der Waals surface area (Å²) in [7, 11) is 1.92. The van der Waals surface area contributed by atoms with Crippen molar-refractivity contribution < 1.29 is 5.11 Å². The Morgan fingerprint density at radius 1 is 1.17 bits per heavy atom. The first-order chi connectivity index (χ1) is 11.1. The lowest BCUT2D eigenvalue weighted by Crippen LogP contribution is -2.10. The predicted molar refractivity (Wildman–Crippen MR) is 95.0 cm³/mol. The zero-order chi connectivity index (χ0) is 16.2. The molecule has 0 aliphatic rings. The fourth-order valence-corrected chi connectivity index (χ4v) is 3.15. The summed E-state index contributed by atoms with van der Waals surface area (Å²) < 4.78 is 1.93. The van der Waals surface area contributed by atoms with Gasteiger partial charge in [-0.2, -0.15) is 5.10 Å². The highest BCUT2D eigenvalue weighted by Gasteiger charge is 2.05. The molecule has 0 unspecified atom stereocenters. The molecule has 0 radical (unpaired) electrons. The van der Waals surface area contributed by atoms with Gasteiger partial charge in [0.2, 0.25) is 4.80 Å². The predicted octanol–water partition coefficient (Wildman–Crippen LogP) is 4.05. The molecule has 4 nitrogen and oxygen atoms in total. The molecule has 1 N–H and O–H groups in total. The lowest BCUT2D eigenvalue weighted by atomic mass is 10.1. The van der Waals surface area contributed by atoms with Crippen molar-refractivity contribution in [2.45, 2.75) is 0 Å². The van der Waals surface area contributed by atoms with E-state index in [0.717, 1.165) is 21.6 Å². The zero-order valence-corrected chi connectivity index (χ0v) is 13.9. The summed E-state index contributed by atoms with van der Waals surface area (Å²) in [6.45, 7) is 0. The Bertz CT molecular complexity index is 927. The number of aromatic hydroxyl groups is 1. The van der Waals surface area contributed by atoms with E-state index in [9.17, 15) is 5.11 Å². The van der Waals surface area contributed by atoms with Crippen LogP contribution in [0.1, 0.15) is 5.56 Å². The Kier molecular flexibility index (Phi) is 4.60. The summed E-state index contributed by atoms with van der Waals surface area (Å²) in [6, 6.07) is 14.6. The van der Waals surface area contributed by atoms with E-state index in [-0.39, 0.29) is 5.75 Å². The van der Waals surface area contributed by atoms with Gasteiger partial charge in [-0.1, -0.05) is 41.9 Å². The lowest BCUT2D eigenvalue weighted by molar-refractivity contribution is 0.475. The van der Waals surface area contributed by atoms with Gasteiger partial charge in [0, 0.05) is 28.6 Å². The molecule has 0 bridgehead atoms. The summed E-state index contributed by atoms with van der Waals surface area (Å²) in [6.07, 6.45) is 1.63. The minimum absolute atomic E-state index is 0.240. The average molecular weight is 344 g/mol. The van der Waals surface area contributed by atoms with E-state index in [0.29, 0.717) is 5.02 Å². The van der Waals surface area contributed by atoms with Crippen LogP contribution in [0, 0.1) is 0 Å². The van der Waals surface area contributed by atoms with Gasteiger partial charge in [0.15, 0.2) is 0 Å². The van der Waals surface area contributed by atoms with Crippen LogP contribution in [-0.4, -0.2) is 15.9 Å². The van der Waals surface area contributed by atoms with Crippen LogP contribution < -0.4 is 4.80 Å². The van der Waals surface area contributed by atoms with Crippen molar-refractivity contribution in [1.29, 1.82) is 0 Å². The third kappa shape index (κ3) is 3.52. The second-order valence-electron chi connectivity index (χ2n) is 4.88. The third-order valence-corrected chi connectivity index (χ3v) is 4.56. The average Bonchev–Trinajstić information content (AvgIpc) is 2.90. The normalized spacial score (nSPS) is 12.2. The van der Waals surface area contributed by atoms with Crippen LogP contribution in [0.25, 0.3) is 11.3 Å². The van der Waals surface area contributed by atoms with Gasteiger partial charge in [-0.15, -0.1) is 16.4 Å². The summed E-state index contributed by atoms with van der Waals surface area (Å²) in [5.74, 6) is 0.240. The quantitative estimate of drug-likeness (QED) is 0.566. The topological polar surface area (TPSA) is 49.9 Å². The molecule has 3 rings (SSSR count). The second kappa shape index (κ2) is 6.81. The summed E-state index contributed by atoms with van der Waals surface area (Å²) >= 11 is 7.56. The number of hydrogen-bond donors (Lipinski definition) is 1. The molecular weight excluding hydrogens is 330 g/mol. The Hall–Kier alpha value is -2.37. The SMILES string of the molecule is Cn1c(-c2cccc(O)c2)cs/c1=N/N=C/c1ccccc1Cl. The molecule has 0 amide bonds. The molecule has 1 aromatic heterocycles. The first-order valence-electron chi connectivity index (χ1n) is 6.90. The molecule has 1 heterocycles. The number of nitrogens with zero attached hydrogens (tertiary/aromatic N) is 3. The largest absolute Gasteiger partial charge is 0.508 e. The number of aromatic nitrogens is 1. The molecule has 0 aliphatic heterocycles. The lowest BCUT2D eigenvalue weighted by Gasteiger charge is -2.02. The van der Waals surface area contributed by atoms with E-state index in [1.165, 1.54) is 11.3 Å². The highest BCUT2D eigenvalue weighted by atomic mass is 35.5. The number of hydrogen-bond acceptors (Lipinski definition) is 4. The van der Waals surface area contributed by atoms with Crippen molar-refractivity contribution in [2.24, 2.45) is 17.3 Å². The number of phenolic OH excluding ortho intramolecular Hbond substituents is 1. The third-order valence-electron chi connectivity index (χ3n) is 3.31. The highest BCUT2D eigenvalue weighted by molar-refractivity contribution is 7.07. The smallest absolute Gasteiger partial charge is 0.210 e. The Morgan fingerprint density at radius 2 is 2.00 bits per heavy atom. The van der Waals surface area contributed by atoms with Crippen LogP contribution >= 0.6 is 22.9 Å². The first-order valence-corrected chi connectivity index (χ1v) is 8.16. The van der Waals surface area contributed by atoms with Crippen molar-refractivity contribution in [3.05, 3.63) is 69.3 Å². The molecule has 23 heavy (non-hydrogen) atoms. The molecule has 2 aromatic carbocycles. The van der Waals surface area contributed by atoms with Crippen LogP contribution in [0.2, 0.25) is 5.02 Å². The molecule has 3 aromatic rings. The fraction of sp³-hybridized carbons (Fsp3) is 0.0588. The first kappa shape index (κ1) is 15.5. The van der Waals surface area contributed by atoms with Gasteiger partial charge in [0.1, 0.15) is 5.75 Å². The van der Waals surface area contributed by atoms with Crippen molar-refractivity contribution >= 4 is 29.2 Å². The number of halogens is 1. The maximum absolute atomic E-state index is 9.60. The van der Waals surface area contributed by atoms with Crippen LogP contribution in [0.5, 0.6) is 5.75 Å². The molecule has 0 spiro atoms. The Morgan fingerprint density at radius 3 is 2.78 bits per heavy atom. The van der Waals surface area contributed by atoms with Crippen molar-refractivity contribution in [3.8, 4) is 17.0 Å². The van der Waals surface area contributed by atoms with Crippen LogP contribution in [0.3, 0.4) is 0 Å². The summed E-state index contributed by atoms with van der Waals surface area (Å²) in [5.41, 5.74) is 2.73. The van der Waals surface area contributed by atoms with Gasteiger partial charge in [-0.3, -0.25) is 0 Å². The van der Waals surface area contributed by atoms with Gasteiger partial charge in [0.25, 0.3) is 0 Å². The zero-order valence-electron chi connectivity index (χ0n) is 12.3. The van der Waals surface area contributed by atoms with Crippen molar-refractivity contribution in [1.82, 2.24) is 4.57 Å². The maximum atomic E-state index is 9.60. The number of rotatable bonds is 3. The maximum Gasteiger partial charge on any atom is 0.210 e. The molecule has 0 saturated heterocycles. The van der Waals surface area contributed by atoms with Gasteiger partial charge < -0.3 is 9.67 Å². The highest BCUT2D eigenvalue weighted by Crippen LogP contribution is 2.22. The fourth-order valence-electron chi connectivity index (χ4n) is 2.11. The van der Waals surface area contributed by atoms with Gasteiger partial charge in [0.05, 0.1) is 11.9 Å². The van der Waals surface area contributed by atoms with E-state index in [1.807, 2.05) is 53.4 Å². The minimum atomic E-state index is 0.240. The van der Waals surface area contributed by atoms with Crippen LogP contribution in [-0.2, 0) is 7.05 Å². The molecule has 0 aliphatic carbocycles. The van der Waals surface area contributed by atoms with E-state index in [4.69, 9.17) is 11.6 Å². The molecule has 0 atom stereocenters. The standard InChI is InChI=1S/C17H14ClN3OS/c1-21-16(12-6-4-7-14(22)9-12)11-23-17(21)20-19-10-13-5-2-3-8-15(13)18/h2-11,22H,1H3/b19-10+,20-17+. The molecule has 6 heteroatoms. The van der Waals surface area contributed by atoms with E-state index < -0.39 is 0 Å². The minimum Gasteiger partial charge on any atom is -0.508 e. The molecule has 116 valence electrons. The Labute approximate surface area is 142 Å². The van der Waals surface area contributed by atoms with Crippen molar-refractivity contribution in [3.63, 3.8) is 0 Å². The number of thiazole rings is 1. The summed E-state index contributed by atoms with van der Waals surface area (Å²) in [4.78, 5) is 0.756. The van der Waals surface area contributed by atoms with E-state index >= 15 is 0 Å². The number of phenols is 1. The molecule has 0 saturated carbocycles. The van der Waals surface area contributed by atoms with Crippen LogP contribution in [0.15, 0.2) is 64.1 Å². The van der Waals surface area contributed by atoms with Gasteiger partial charge >= 0.3 is 0 Å². The van der Waals surface area contributed by atoms with Gasteiger partial charge in [-0.25, -0.2) is 0 Å². The molecule has 0 fully saturated rings. The molecular formula is C17H14ClN3OS. The van der Waals surface area contributed by atoms with E-state index in [2.05, 4.69) is 10.2 Å². The second-order valence-corrected chi connectivity index (χ2v) is 6.12. The van der Waals surface area contributed by atoms with E-state index in [1.54, 1.807) is 18.3 Å².